The number of aryl methyl sites for hydroxylation is 1. The Morgan fingerprint density at radius 1 is 0.971 bits per heavy atom. The number of carbonyl (C=O) groups excluding carboxylic acids is 1. The predicted molar refractivity (Wildman–Crippen MR) is 131 cm³/mol. The average Bonchev–Trinajstić information content (AvgIpc) is 3.35. The van der Waals surface area contributed by atoms with Gasteiger partial charge in [-0.05, 0) is 53.6 Å². The van der Waals surface area contributed by atoms with Crippen LogP contribution in [0.4, 0.5) is 5.82 Å². The Balaban J connectivity index is 1.73. The van der Waals surface area contributed by atoms with Gasteiger partial charge in [-0.3, -0.25) is 4.79 Å². The SMILES string of the molecule is CNc1cc(C(C)NC(=O)c2cc(-c3ccc(C)cc3)cc(-n3nnnc3C(C)C)c2)ncn1. The van der Waals surface area contributed by atoms with Crippen molar-refractivity contribution >= 4 is 11.7 Å². The third-order valence-electron chi connectivity index (χ3n) is 5.56. The zero-order valence-electron chi connectivity index (χ0n) is 19.9. The first-order valence-electron chi connectivity index (χ1n) is 11.2. The lowest BCUT2D eigenvalue weighted by Gasteiger charge is -2.16. The van der Waals surface area contributed by atoms with Gasteiger partial charge >= 0.3 is 0 Å². The number of hydrogen-bond acceptors (Lipinski definition) is 7. The smallest absolute Gasteiger partial charge is 0.251 e. The quantitative estimate of drug-likeness (QED) is 0.431. The second-order valence-electron chi connectivity index (χ2n) is 8.51. The zero-order valence-corrected chi connectivity index (χ0v) is 19.9. The fraction of sp³-hybridized carbons (Fsp3) is 0.280. The zero-order chi connectivity index (χ0) is 24.2. The maximum atomic E-state index is 13.3. The summed E-state index contributed by atoms with van der Waals surface area (Å²) >= 11 is 0. The van der Waals surface area contributed by atoms with Crippen LogP contribution in [0.1, 0.15) is 60.2 Å². The Labute approximate surface area is 198 Å². The summed E-state index contributed by atoms with van der Waals surface area (Å²) in [5.74, 6) is 1.32. The van der Waals surface area contributed by atoms with Crippen molar-refractivity contribution in [1.82, 2.24) is 35.5 Å². The standard InChI is InChI=1S/C25H28N8O/c1-15(2)24-30-31-32-33(24)21-11-19(18-8-6-16(3)7-9-18)10-20(12-21)25(34)29-17(4)22-13-23(26-5)28-14-27-22/h6-15,17H,1-5H3,(H,29,34)(H,26,27,28). The van der Waals surface area contributed by atoms with E-state index < -0.39 is 0 Å². The number of aromatic nitrogens is 6. The number of carbonyl (C=O) groups is 1. The van der Waals surface area contributed by atoms with Crippen molar-refractivity contribution in [3.05, 3.63) is 77.5 Å². The molecule has 0 aliphatic carbocycles. The Bertz CT molecular complexity index is 1300. The highest BCUT2D eigenvalue weighted by Crippen LogP contribution is 2.26. The number of nitrogens with one attached hydrogen (secondary N) is 2. The van der Waals surface area contributed by atoms with Crippen LogP contribution in [0, 0.1) is 6.92 Å². The molecule has 0 aliphatic heterocycles. The van der Waals surface area contributed by atoms with Crippen LogP contribution in [-0.2, 0) is 0 Å². The number of rotatable bonds is 7. The maximum absolute atomic E-state index is 13.3. The first-order valence-corrected chi connectivity index (χ1v) is 11.2. The minimum Gasteiger partial charge on any atom is -0.373 e. The van der Waals surface area contributed by atoms with Crippen molar-refractivity contribution < 1.29 is 4.79 Å². The molecule has 2 N–H and O–H groups in total. The first kappa shape index (κ1) is 23.0. The Hall–Kier alpha value is -4.14. The second-order valence-corrected chi connectivity index (χ2v) is 8.51. The molecule has 0 spiro atoms. The summed E-state index contributed by atoms with van der Waals surface area (Å²) in [6.07, 6.45) is 1.48. The highest BCUT2D eigenvalue weighted by Gasteiger charge is 2.18. The molecule has 0 radical (unpaired) electrons. The van der Waals surface area contributed by atoms with E-state index in [0.29, 0.717) is 17.1 Å². The first-order chi connectivity index (χ1) is 16.4. The largest absolute Gasteiger partial charge is 0.373 e. The minimum atomic E-state index is -0.312. The van der Waals surface area contributed by atoms with Crippen LogP contribution < -0.4 is 10.6 Å². The molecule has 0 saturated heterocycles. The third kappa shape index (κ3) is 4.93. The number of nitrogens with zero attached hydrogens (tertiary/aromatic N) is 6. The monoisotopic (exact) mass is 456 g/mol. The highest BCUT2D eigenvalue weighted by atomic mass is 16.1. The number of amides is 1. The van der Waals surface area contributed by atoms with Crippen molar-refractivity contribution in [2.45, 2.75) is 39.7 Å². The molecule has 1 atom stereocenters. The van der Waals surface area contributed by atoms with E-state index in [0.717, 1.165) is 22.6 Å². The molecular weight excluding hydrogens is 428 g/mol. The van der Waals surface area contributed by atoms with Gasteiger partial charge in [0.2, 0.25) is 0 Å². The molecule has 0 saturated carbocycles. The topological polar surface area (TPSA) is 111 Å². The van der Waals surface area contributed by atoms with Crippen LogP contribution in [0.25, 0.3) is 16.8 Å². The predicted octanol–water partition coefficient (Wildman–Crippen LogP) is 4.08. The summed E-state index contributed by atoms with van der Waals surface area (Å²) in [7, 11) is 1.79. The lowest BCUT2D eigenvalue weighted by Crippen LogP contribution is -2.27. The molecule has 0 fully saturated rings. The molecule has 1 unspecified atom stereocenters. The highest BCUT2D eigenvalue weighted by molar-refractivity contribution is 5.96. The molecule has 2 aromatic heterocycles. The van der Waals surface area contributed by atoms with Gasteiger partial charge in [-0.15, -0.1) is 5.10 Å². The van der Waals surface area contributed by atoms with E-state index in [9.17, 15) is 4.79 Å². The van der Waals surface area contributed by atoms with Crippen LogP contribution in [0.5, 0.6) is 0 Å². The average molecular weight is 457 g/mol. The van der Waals surface area contributed by atoms with E-state index >= 15 is 0 Å². The lowest BCUT2D eigenvalue weighted by molar-refractivity contribution is 0.0939. The molecule has 174 valence electrons. The number of hydrogen-bond donors (Lipinski definition) is 2. The molecular formula is C25H28N8O. The maximum Gasteiger partial charge on any atom is 0.251 e. The minimum absolute atomic E-state index is 0.120. The normalized spacial score (nSPS) is 11.9. The molecule has 1 amide bonds. The molecule has 4 rings (SSSR count). The number of tetrazole rings is 1. The van der Waals surface area contributed by atoms with Crippen LogP contribution >= 0.6 is 0 Å². The fourth-order valence-corrected chi connectivity index (χ4v) is 3.61. The number of benzene rings is 2. The Morgan fingerprint density at radius 2 is 1.74 bits per heavy atom. The van der Waals surface area contributed by atoms with E-state index in [2.05, 4.69) is 48.3 Å². The van der Waals surface area contributed by atoms with Gasteiger partial charge in [0.1, 0.15) is 12.1 Å². The van der Waals surface area contributed by atoms with Gasteiger partial charge in [-0.2, -0.15) is 4.68 Å². The Kier molecular flexibility index (Phi) is 6.62. The molecule has 4 aromatic rings. The van der Waals surface area contributed by atoms with Crippen molar-refractivity contribution in [2.24, 2.45) is 0 Å². The lowest BCUT2D eigenvalue weighted by atomic mass is 10.00. The molecule has 9 nitrogen and oxygen atoms in total. The van der Waals surface area contributed by atoms with E-state index in [1.54, 1.807) is 17.8 Å². The van der Waals surface area contributed by atoms with Gasteiger partial charge in [0.05, 0.1) is 17.4 Å². The van der Waals surface area contributed by atoms with Gasteiger partial charge in [-0.25, -0.2) is 9.97 Å². The molecule has 0 bridgehead atoms. The summed E-state index contributed by atoms with van der Waals surface area (Å²) in [4.78, 5) is 21.8. The van der Waals surface area contributed by atoms with Gasteiger partial charge < -0.3 is 10.6 Å². The van der Waals surface area contributed by atoms with E-state index in [4.69, 9.17) is 0 Å². The third-order valence-corrected chi connectivity index (χ3v) is 5.56. The van der Waals surface area contributed by atoms with Crippen LogP contribution in [0.2, 0.25) is 0 Å². The van der Waals surface area contributed by atoms with Crippen molar-refractivity contribution in [1.29, 1.82) is 0 Å². The van der Waals surface area contributed by atoms with Crippen LogP contribution in [0.15, 0.2) is 54.9 Å². The summed E-state index contributed by atoms with van der Waals surface area (Å²) in [6, 6.07) is 15.4. The summed E-state index contributed by atoms with van der Waals surface area (Å²) in [6.45, 7) is 8.00. The van der Waals surface area contributed by atoms with E-state index in [1.165, 1.54) is 11.9 Å². The second kappa shape index (κ2) is 9.78. The van der Waals surface area contributed by atoms with Crippen molar-refractivity contribution in [3.8, 4) is 16.8 Å². The van der Waals surface area contributed by atoms with Crippen LogP contribution in [-0.4, -0.2) is 43.1 Å². The molecule has 9 heteroatoms. The van der Waals surface area contributed by atoms with Crippen molar-refractivity contribution in [2.75, 3.05) is 12.4 Å². The molecule has 34 heavy (non-hydrogen) atoms. The Morgan fingerprint density at radius 3 is 2.44 bits per heavy atom. The van der Waals surface area contributed by atoms with Crippen LogP contribution in [0.3, 0.4) is 0 Å². The van der Waals surface area contributed by atoms with Gasteiger partial charge in [-0.1, -0.05) is 43.7 Å². The van der Waals surface area contributed by atoms with Gasteiger partial charge in [0.15, 0.2) is 5.82 Å². The molecule has 2 heterocycles. The molecule has 2 aromatic carbocycles. The molecule has 0 aliphatic rings. The summed E-state index contributed by atoms with van der Waals surface area (Å²) < 4.78 is 1.69. The van der Waals surface area contributed by atoms with E-state index in [1.807, 2.05) is 58.0 Å². The number of anilines is 1. The summed E-state index contributed by atoms with van der Waals surface area (Å²) in [5, 5.41) is 18.2. The van der Waals surface area contributed by atoms with Gasteiger partial charge in [0, 0.05) is 24.6 Å². The fourth-order valence-electron chi connectivity index (χ4n) is 3.61. The van der Waals surface area contributed by atoms with E-state index in [-0.39, 0.29) is 17.9 Å². The van der Waals surface area contributed by atoms with Crippen molar-refractivity contribution in [3.63, 3.8) is 0 Å². The summed E-state index contributed by atoms with van der Waals surface area (Å²) in [5.41, 5.74) is 5.02. The van der Waals surface area contributed by atoms with Gasteiger partial charge in [0.25, 0.3) is 5.91 Å².